The number of rotatable bonds is 3. The minimum absolute atomic E-state index is 0.00494. The standard InChI is InChI=1S/C11H18N2/c1-5-6-7-13-9-10(8-12)11(2,3)4/h5-9,12H,1-4H3/b6-5-,10-9-,12-8?,13-7-. The Morgan fingerprint density at radius 3 is 2.31 bits per heavy atom. The van der Waals surface area contributed by atoms with E-state index < -0.39 is 0 Å². The fraction of sp³-hybridized carbons (Fsp3) is 0.455. The topological polar surface area (TPSA) is 36.2 Å². The van der Waals surface area contributed by atoms with Crippen LogP contribution >= 0.6 is 0 Å². The summed E-state index contributed by atoms with van der Waals surface area (Å²) in [5.41, 5.74) is 0.919. The van der Waals surface area contributed by atoms with E-state index in [9.17, 15) is 0 Å². The molecule has 0 atom stereocenters. The normalized spacial score (nSPS) is 14.3. The summed E-state index contributed by atoms with van der Waals surface area (Å²) in [5, 5.41) is 7.21. The molecule has 0 heterocycles. The van der Waals surface area contributed by atoms with Crippen molar-refractivity contribution >= 4 is 12.4 Å². The summed E-state index contributed by atoms with van der Waals surface area (Å²) in [5.74, 6) is 0. The molecule has 0 aromatic heterocycles. The second kappa shape index (κ2) is 5.46. The SMILES string of the molecule is C\C=C/C=N\C=C(\C=N)C(C)(C)C. The quantitative estimate of drug-likeness (QED) is 0.644. The van der Waals surface area contributed by atoms with Gasteiger partial charge in [-0.25, -0.2) is 0 Å². The van der Waals surface area contributed by atoms with Crippen LogP contribution < -0.4 is 0 Å². The molecule has 0 aromatic carbocycles. The Morgan fingerprint density at radius 1 is 1.31 bits per heavy atom. The second-order valence-corrected chi connectivity index (χ2v) is 3.80. The van der Waals surface area contributed by atoms with Gasteiger partial charge >= 0.3 is 0 Å². The van der Waals surface area contributed by atoms with Crippen LogP contribution in [-0.4, -0.2) is 12.4 Å². The van der Waals surface area contributed by atoms with Gasteiger partial charge in [0.1, 0.15) is 0 Å². The molecular weight excluding hydrogens is 160 g/mol. The minimum atomic E-state index is -0.00494. The molecular formula is C11H18N2. The molecule has 0 bridgehead atoms. The van der Waals surface area contributed by atoms with E-state index in [1.54, 1.807) is 12.4 Å². The van der Waals surface area contributed by atoms with Crippen molar-refractivity contribution < 1.29 is 0 Å². The highest BCUT2D eigenvalue weighted by Gasteiger charge is 2.13. The lowest BCUT2D eigenvalue weighted by Crippen LogP contribution is -2.09. The lowest BCUT2D eigenvalue weighted by Gasteiger charge is -2.17. The Hall–Kier alpha value is -1.18. The number of aliphatic imine (C=N–C) groups is 1. The van der Waals surface area contributed by atoms with Gasteiger partial charge in [0.25, 0.3) is 0 Å². The monoisotopic (exact) mass is 178 g/mol. The highest BCUT2D eigenvalue weighted by atomic mass is 14.7. The van der Waals surface area contributed by atoms with Crippen LogP contribution in [0, 0.1) is 10.8 Å². The van der Waals surface area contributed by atoms with Crippen LogP contribution in [0.15, 0.2) is 28.9 Å². The first-order chi connectivity index (χ1) is 6.02. The van der Waals surface area contributed by atoms with Gasteiger partial charge < -0.3 is 5.41 Å². The Bertz CT molecular complexity index is 239. The molecule has 0 unspecified atom stereocenters. The molecule has 0 spiro atoms. The molecule has 0 rings (SSSR count). The summed E-state index contributed by atoms with van der Waals surface area (Å²) in [7, 11) is 0. The van der Waals surface area contributed by atoms with E-state index in [1.165, 1.54) is 6.21 Å². The van der Waals surface area contributed by atoms with Gasteiger partial charge in [-0.05, 0) is 24.0 Å². The van der Waals surface area contributed by atoms with Crippen molar-refractivity contribution in [2.24, 2.45) is 10.4 Å². The van der Waals surface area contributed by atoms with Crippen molar-refractivity contribution in [1.29, 1.82) is 5.41 Å². The second-order valence-electron chi connectivity index (χ2n) is 3.80. The van der Waals surface area contributed by atoms with Crippen LogP contribution in [0.5, 0.6) is 0 Å². The predicted octanol–water partition coefficient (Wildman–Crippen LogP) is 3.21. The third-order valence-corrected chi connectivity index (χ3v) is 1.60. The molecule has 0 aromatic rings. The fourth-order valence-electron chi connectivity index (χ4n) is 0.707. The van der Waals surface area contributed by atoms with E-state index in [2.05, 4.69) is 25.8 Å². The summed E-state index contributed by atoms with van der Waals surface area (Å²) in [6.07, 6.45) is 8.58. The first kappa shape index (κ1) is 11.8. The summed E-state index contributed by atoms with van der Waals surface area (Å²) in [6, 6.07) is 0. The number of hydrogen-bond acceptors (Lipinski definition) is 2. The Morgan fingerprint density at radius 2 is 1.92 bits per heavy atom. The van der Waals surface area contributed by atoms with E-state index in [0.29, 0.717) is 0 Å². The molecule has 0 aliphatic heterocycles. The predicted molar refractivity (Wildman–Crippen MR) is 59.6 cm³/mol. The van der Waals surface area contributed by atoms with Crippen molar-refractivity contribution in [3.05, 3.63) is 23.9 Å². The molecule has 0 amide bonds. The fourth-order valence-corrected chi connectivity index (χ4v) is 0.707. The first-order valence-corrected chi connectivity index (χ1v) is 4.38. The van der Waals surface area contributed by atoms with E-state index in [1.807, 2.05) is 19.1 Å². The number of nitrogens with zero attached hydrogens (tertiary/aromatic N) is 1. The average Bonchev–Trinajstić information content (AvgIpc) is 2.02. The van der Waals surface area contributed by atoms with E-state index in [0.717, 1.165) is 5.57 Å². The molecule has 0 aliphatic carbocycles. The van der Waals surface area contributed by atoms with Gasteiger partial charge in [-0.3, -0.25) is 4.99 Å². The molecule has 2 heteroatoms. The Kier molecular flexibility index (Phi) is 4.97. The highest BCUT2D eigenvalue weighted by Crippen LogP contribution is 2.22. The van der Waals surface area contributed by atoms with E-state index >= 15 is 0 Å². The van der Waals surface area contributed by atoms with Gasteiger partial charge in [0.15, 0.2) is 0 Å². The summed E-state index contributed by atoms with van der Waals surface area (Å²) in [6.45, 7) is 8.14. The summed E-state index contributed by atoms with van der Waals surface area (Å²) < 4.78 is 0. The largest absolute Gasteiger partial charge is 0.308 e. The third kappa shape index (κ3) is 5.12. The van der Waals surface area contributed by atoms with Gasteiger partial charge in [-0.1, -0.05) is 26.8 Å². The average molecular weight is 178 g/mol. The lowest BCUT2D eigenvalue weighted by atomic mass is 9.88. The summed E-state index contributed by atoms with van der Waals surface area (Å²) in [4.78, 5) is 4.07. The van der Waals surface area contributed by atoms with Crippen LogP contribution in [0.4, 0.5) is 0 Å². The van der Waals surface area contributed by atoms with Gasteiger partial charge in [-0.2, -0.15) is 0 Å². The maximum Gasteiger partial charge on any atom is 0.0320 e. The van der Waals surface area contributed by atoms with Crippen molar-refractivity contribution in [2.45, 2.75) is 27.7 Å². The maximum atomic E-state index is 7.21. The van der Waals surface area contributed by atoms with Crippen LogP contribution in [0.25, 0.3) is 0 Å². The molecule has 0 radical (unpaired) electrons. The van der Waals surface area contributed by atoms with Crippen LogP contribution in [0.3, 0.4) is 0 Å². The summed E-state index contributed by atoms with van der Waals surface area (Å²) >= 11 is 0. The minimum Gasteiger partial charge on any atom is -0.308 e. The molecule has 1 N–H and O–H groups in total. The number of hydrogen-bond donors (Lipinski definition) is 1. The zero-order valence-electron chi connectivity index (χ0n) is 8.83. The van der Waals surface area contributed by atoms with Crippen molar-refractivity contribution in [2.75, 3.05) is 0 Å². The highest BCUT2D eigenvalue weighted by molar-refractivity contribution is 5.78. The maximum absolute atomic E-state index is 7.21. The molecule has 72 valence electrons. The van der Waals surface area contributed by atoms with Crippen LogP contribution in [-0.2, 0) is 0 Å². The van der Waals surface area contributed by atoms with Gasteiger partial charge in [0.05, 0.1) is 0 Å². The lowest BCUT2D eigenvalue weighted by molar-refractivity contribution is 0.525. The van der Waals surface area contributed by atoms with Crippen molar-refractivity contribution in [3.8, 4) is 0 Å². The zero-order valence-corrected chi connectivity index (χ0v) is 8.83. The molecule has 0 saturated carbocycles. The zero-order chi connectivity index (χ0) is 10.3. The molecule has 0 aliphatic rings. The van der Waals surface area contributed by atoms with Gasteiger partial charge in [0.2, 0.25) is 0 Å². The smallest absolute Gasteiger partial charge is 0.0320 e. The molecule has 13 heavy (non-hydrogen) atoms. The molecule has 0 saturated heterocycles. The third-order valence-electron chi connectivity index (χ3n) is 1.60. The van der Waals surface area contributed by atoms with Gasteiger partial charge in [-0.15, -0.1) is 0 Å². The van der Waals surface area contributed by atoms with Crippen molar-refractivity contribution in [1.82, 2.24) is 0 Å². The first-order valence-electron chi connectivity index (χ1n) is 4.38. The molecule has 2 nitrogen and oxygen atoms in total. The number of allylic oxidation sites excluding steroid dienone is 3. The van der Waals surface area contributed by atoms with E-state index in [4.69, 9.17) is 5.41 Å². The molecule has 0 fully saturated rings. The Balaban J connectivity index is 4.50. The van der Waals surface area contributed by atoms with Crippen molar-refractivity contribution in [3.63, 3.8) is 0 Å². The Labute approximate surface area is 80.6 Å². The number of nitrogens with one attached hydrogen (secondary N) is 1. The van der Waals surface area contributed by atoms with Gasteiger partial charge in [0, 0.05) is 18.6 Å². The van der Waals surface area contributed by atoms with Crippen LogP contribution in [0.1, 0.15) is 27.7 Å². The van der Waals surface area contributed by atoms with E-state index in [-0.39, 0.29) is 5.41 Å². The van der Waals surface area contributed by atoms with Crippen LogP contribution in [0.2, 0.25) is 0 Å².